The zero-order valence-electron chi connectivity index (χ0n) is 18.8. The summed E-state index contributed by atoms with van der Waals surface area (Å²) in [7, 11) is 0. The molecule has 2 aromatic carbocycles. The van der Waals surface area contributed by atoms with Crippen LogP contribution in [-0.2, 0) is 0 Å². The van der Waals surface area contributed by atoms with E-state index in [4.69, 9.17) is 9.84 Å². The molecule has 5 rings (SSSR count). The van der Waals surface area contributed by atoms with Crippen molar-refractivity contribution in [3.05, 3.63) is 72.8 Å². The minimum absolute atomic E-state index is 0.173. The van der Waals surface area contributed by atoms with Gasteiger partial charge in [-0.1, -0.05) is 25.5 Å². The maximum absolute atomic E-state index is 14.2. The highest BCUT2D eigenvalue weighted by Gasteiger charge is 2.22. The Labute approximate surface area is 193 Å². The maximum Gasteiger partial charge on any atom is 0.154 e. The maximum atomic E-state index is 14.2. The summed E-state index contributed by atoms with van der Waals surface area (Å²) in [5.41, 5.74) is 3.57. The molecule has 1 saturated heterocycles. The number of benzene rings is 2. The van der Waals surface area contributed by atoms with Crippen LogP contribution in [0, 0.1) is 5.82 Å². The van der Waals surface area contributed by atoms with Gasteiger partial charge in [-0.2, -0.15) is 5.10 Å². The standard InChI is InChI=1S/C26H28FN5O/c1-2-3-18-33-21-10-8-20(9-11-21)23-19-25-26(28-12-13-32(25)29-23)31-16-14-30(15-17-31)24-7-5-4-6-22(24)27/h4-13,19H,2-3,14-18H2,1H3. The normalized spacial score (nSPS) is 14.1. The minimum atomic E-state index is -0.173. The average molecular weight is 446 g/mol. The molecule has 33 heavy (non-hydrogen) atoms. The summed E-state index contributed by atoms with van der Waals surface area (Å²) < 4.78 is 21.8. The average Bonchev–Trinajstić information content (AvgIpc) is 3.30. The second kappa shape index (κ2) is 9.48. The lowest BCUT2D eigenvalue weighted by Crippen LogP contribution is -2.47. The van der Waals surface area contributed by atoms with E-state index in [9.17, 15) is 4.39 Å². The van der Waals surface area contributed by atoms with Crippen molar-refractivity contribution in [2.75, 3.05) is 42.6 Å². The first-order chi connectivity index (χ1) is 16.2. The van der Waals surface area contributed by atoms with Crippen molar-refractivity contribution < 1.29 is 9.13 Å². The van der Waals surface area contributed by atoms with E-state index in [1.165, 1.54) is 6.07 Å². The predicted molar refractivity (Wildman–Crippen MR) is 130 cm³/mol. The quantitative estimate of drug-likeness (QED) is 0.373. The molecule has 3 heterocycles. The molecule has 0 aliphatic carbocycles. The molecule has 0 bridgehead atoms. The third kappa shape index (κ3) is 4.49. The Morgan fingerprint density at radius 1 is 0.970 bits per heavy atom. The first-order valence-corrected chi connectivity index (χ1v) is 11.5. The van der Waals surface area contributed by atoms with Gasteiger partial charge in [0.1, 0.15) is 17.1 Å². The van der Waals surface area contributed by atoms with Gasteiger partial charge >= 0.3 is 0 Å². The smallest absolute Gasteiger partial charge is 0.154 e. The van der Waals surface area contributed by atoms with Crippen LogP contribution in [0.4, 0.5) is 15.9 Å². The summed E-state index contributed by atoms with van der Waals surface area (Å²) in [6, 6.07) is 17.1. The predicted octanol–water partition coefficient (Wildman–Crippen LogP) is 5.04. The lowest BCUT2D eigenvalue weighted by molar-refractivity contribution is 0.309. The SMILES string of the molecule is CCCCOc1ccc(-c2cc3c(N4CCN(c5ccccc5F)CC4)nccn3n2)cc1. The Hall–Kier alpha value is -3.61. The summed E-state index contributed by atoms with van der Waals surface area (Å²) >= 11 is 0. The monoisotopic (exact) mass is 445 g/mol. The highest BCUT2D eigenvalue weighted by molar-refractivity contribution is 5.75. The topological polar surface area (TPSA) is 45.9 Å². The number of rotatable bonds is 7. The molecule has 1 fully saturated rings. The van der Waals surface area contributed by atoms with Crippen LogP contribution in [-0.4, -0.2) is 47.4 Å². The van der Waals surface area contributed by atoms with Gasteiger partial charge in [-0.3, -0.25) is 0 Å². The molecular weight excluding hydrogens is 417 g/mol. The number of halogens is 1. The fourth-order valence-corrected chi connectivity index (χ4v) is 4.22. The summed E-state index contributed by atoms with van der Waals surface area (Å²) in [5.74, 6) is 1.61. The molecule has 0 saturated carbocycles. The van der Waals surface area contributed by atoms with Gasteiger partial charge in [0.25, 0.3) is 0 Å². The number of ether oxygens (including phenoxy) is 1. The molecular formula is C26H28FN5O. The van der Waals surface area contributed by atoms with E-state index in [-0.39, 0.29) is 5.82 Å². The van der Waals surface area contributed by atoms with E-state index in [1.807, 2.05) is 47.1 Å². The number of unbranched alkanes of at least 4 members (excludes halogenated alkanes) is 1. The minimum Gasteiger partial charge on any atom is -0.494 e. The van der Waals surface area contributed by atoms with Crippen LogP contribution in [0.15, 0.2) is 67.0 Å². The molecule has 0 radical (unpaired) electrons. The Morgan fingerprint density at radius 3 is 2.48 bits per heavy atom. The summed E-state index contributed by atoms with van der Waals surface area (Å²) in [5, 5.41) is 4.77. The third-order valence-corrected chi connectivity index (χ3v) is 6.06. The molecule has 2 aromatic heterocycles. The zero-order chi connectivity index (χ0) is 22.6. The van der Waals surface area contributed by atoms with Crippen molar-refractivity contribution in [2.24, 2.45) is 0 Å². The number of hydrogen-bond donors (Lipinski definition) is 0. The van der Waals surface area contributed by atoms with Crippen molar-refractivity contribution in [1.82, 2.24) is 14.6 Å². The van der Waals surface area contributed by atoms with Gasteiger partial charge in [0.05, 0.1) is 18.0 Å². The molecule has 1 aliphatic rings. The number of nitrogens with zero attached hydrogens (tertiary/aromatic N) is 5. The van der Waals surface area contributed by atoms with Crippen molar-refractivity contribution in [1.29, 1.82) is 0 Å². The van der Waals surface area contributed by atoms with E-state index >= 15 is 0 Å². The fraction of sp³-hybridized carbons (Fsp3) is 0.308. The Morgan fingerprint density at radius 2 is 1.73 bits per heavy atom. The molecule has 0 atom stereocenters. The van der Waals surface area contributed by atoms with Crippen molar-refractivity contribution in [3.8, 4) is 17.0 Å². The van der Waals surface area contributed by atoms with Crippen molar-refractivity contribution in [2.45, 2.75) is 19.8 Å². The van der Waals surface area contributed by atoms with Gasteiger partial charge < -0.3 is 14.5 Å². The van der Waals surface area contributed by atoms with Crippen LogP contribution >= 0.6 is 0 Å². The number of aromatic nitrogens is 3. The number of piperazine rings is 1. The number of fused-ring (bicyclic) bond motifs is 1. The lowest BCUT2D eigenvalue weighted by atomic mass is 10.1. The fourth-order valence-electron chi connectivity index (χ4n) is 4.22. The molecule has 170 valence electrons. The van der Waals surface area contributed by atoms with E-state index in [1.54, 1.807) is 12.3 Å². The van der Waals surface area contributed by atoms with Gasteiger partial charge in [-0.25, -0.2) is 13.9 Å². The van der Waals surface area contributed by atoms with Crippen molar-refractivity contribution in [3.63, 3.8) is 0 Å². The molecule has 0 unspecified atom stereocenters. The van der Waals surface area contributed by atoms with Crippen LogP contribution in [0.1, 0.15) is 19.8 Å². The first kappa shape index (κ1) is 21.2. The molecule has 0 spiro atoms. The molecule has 7 heteroatoms. The van der Waals surface area contributed by atoms with E-state index in [0.29, 0.717) is 5.69 Å². The highest BCUT2D eigenvalue weighted by Crippen LogP contribution is 2.28. The number of hydrogen-bond acceptors (Lipinski definition) is 5. The van der Waals surface area contributed by atoms with Crippen LogP contribution in [0.25, 0.3) is 16.8 Å². The van der Waals surface area contributed by atoms with Gasteiger partial charge in [0.2, 0.25) is 0 Å². The van der Waals surface area contributed by atoms with Crippen LogP contribution in [0.5, 0.6) is 5.75 Å². The largest absolute Gasteiger partial charge is 0.494 e. The molecule has 6 nitrogen and oxygen atoms in total. The second-order valence-electron chi connectivity index (χ2n) is 8.26. The number of anilines is 2. The second-order valence-corrected chi connectivity index (χ2v) is 8.26. The van der Waals surface area contributed by atoms with E-state index in [0.717, 1.165) is 74.0 Å². The van der Waals surface area contributed by atoms with Gasteiger partial charge in [-0.15, -0.1) is 0 Å². The van der Waals surface area contributed by atoms with E-state index < -0.39 is 0 Å². The van der Waals surface area contributed by atoms with Crippen LogP contribution in [0.2, 0.25) is 0 Å². The molecule has 1 aliphatic heterocycles. The zero-order valence-corrected chi connectivity index (χ0v) is 18.8. The van der Waals surface area contributed by atoms with Gasteiger partial charge in [0.15, 0.2) is 5.82 Å². The number of para-hydroxylation sites is 1. The lowest BCUT2D eigenvalue weighted by Gasteiger charge is -2.36. The van der Waals surface area contributed by atoms with Gasteiger partial charge in [-0.05, 0) is 48.9 Å². The van der Waals surface area contributed by atoms with Crippen molar-refractivity contribution >= 4 is 17.0 Å². The van der Waals surface area contributed by atoms with Gasteiger partial charge in [0, 0.05) is 44.1 Å². The van der Waals surface area contributed by atoms with Crippen LogP contribution in [0.3, 0.4) is 0 Å². The highest BCUT2D eigenvalue weighted by atomic mass is 19.1. The summed E-state index contributed by atoms with van der Waals surface area (Å²) in [4.78, 5) is 9.01. The molecule has 0 N–H and O–H groups in total. The first-order valence-electron chi connectivity index (χ1n) is 11.5. The summed E-state index contributed by atoms with van der Waals surface area (Å²) in [6.07, 6.45) is 5.83. The molecule has 4 aromatic rings. The van der Waals surface area contributed by atoms with Crippen LogP contribution < -0.4 is 14.5 Å². The molecule has 0 amide bonds. The third-order valence-electron chi connectivity index (χ3n) is 6.06. The Bertz CT molecular complexity index is 1220. The Kier molecular flexibility index (Phi) is 6.11. The van der Waals surface area contributed by atoms with E-state index in [2.05, 4.69) is 27.8 Å². The Balaban J connectivity index is 1.33. The summed E-state index contributed by atoms with van der Waals surface area (Å²) in [6.45, 7) is 5.91.